The molecule has 5 heteroatoms. The molecule has 1 N–H and O–H groups in total. The van der Waals surface area contributed by atoms with Gasteiger partial charge in [0.2, 0.25) is 10.0 Å². The summed E-state index contributed by atoms with van der Waals surface area (Å²) in [4.78, 5) is 11.8. The average molecular weight is 295 g/mol. The van der Waals surface area contributed by atoms with Crippen LogP contribution in [-0.4, -0.2) is 20.7 Å². The van der Waals surface area contributed by atoms with Gasteiger partial charge in [-0.25, -0.2) is 13.1 Å². The minimum Gasteiger partial charge on any atom is -0.294 e. The van der Waals surface area contributed by atoms with E-state index in [-0.39, 0.29) is 10.7 Å². The van der Waals surface area contributed by atoms with Crippen LogP contribution >= 0.6 is 0 Å². The van der Waals surface area contributed by atoms with E-state index >= 15 is 0 Å². The Bertz CT molecular complexity index is 591. The molecule has 1 saturated carbocycles. The number of carbonyl (C=O) groups excluding carboxylic acids is 1. The van der Waals surface area contributed by atoms with Crippen molar-refractivity contribution in [1.82, 2.24) is 4.72 Å². The molecule has 1 aliphatic carbocycles. The van der Waals surface area contributed by atoms with Crippen LogP contribution in [0.2, 0.25) is 0 Å². The third kappa shape index (κ3) is 3.67. The summed E-state index contributed by atoms with van der Waals surface area (Å²) in [6.07, 6.45) is 2.77. The van der Waals surface area contributed by atoms with Crippen molar-refractivity contribution in [2.24, 2.45) is 11.8 Å². The van der Waals surface area contributed by atoms with E-state index in [1.165, 1.54) is 25.0 Å². The van der Waals surface area contributed by atoms with Crippen LogP contribution in [0.25, 0.3) is 0 Å². The van der Waals surface area contributed by atoms with Gasteiger partial charge in [-0.3, -0.25) is 4.79 Å². The summed E-state index contributed by atoms with van der Waals surface area (Å²) in [5.74, 6) is 0.976. The number of sulfonamides is 1. The molecular weight excluding hydrogens is 274 g/mol. The molecule has 110 valence electrons. The molecule has 1 unspecified atom stereocenters. The zero-order valence-corrected chi connectivity index (χ0v) is 12.7. The van der Waals surface area contributed by atoms with Crippen LogP contribution in [0.3, 0.4) is 0 Å². The molecule has 0 bridgehead atoms. The minimum absolute atomic E-state index is 0.0478. The highest BCUT2D eigenvalue weighted by atomic mass is 32.2. The molecule has 0 spiro atoms. The molecular formula is C15H21NO3S. The molecule has 4 nitrogen and oxygen atoms in total. The van der Waals surface area contributed by atoms with Crippen molar-refractivity contribution in [3.05, 3.63) is 29.8 Å². The Morgan fingerprint density at radius 2 is 2.10 bits per heavy atom. The topological polar surface area (TPSA) is 63.2 Å². The predicted molar refractivity (Wildman–Crippen MR) is 78.1 cm³/mol. The predicted octanol–water partition coefficient (Wildman–Crippen LogP) is 2.60. The van der Waals surface area contributed by atoms with Gasteiger partial charge in [-0.2, -0.15) is 0 Å². The maximum atomic E-state index is 12.2. The average Bonchev–Trinajstić information content (AvgIpc) is 3.28. The van der Waals surface area contributed by atoms with Gasteiger partial charge >= 0.3 is 0 Å². The van der Waals surface area contributed by atoms with E-state index < -0.39 is 10.0 Å². The first kappa shape index (κ1) is 15.2. The Labute approximate surface area is 120 Å². The molecule has 1 aliphatic rings. The van der Waals surface area contributed by atoms with Crippen molar-refractivity contribution in [1.29, 1.82) is 0 Å². The molecule has 2 rings (SSSR count). The normalized spacial score (nSPS) is 16.9. The van der Waals surface area contributed by atoms with E-state index in [1.54, 1.807) is 19.1 Å². The molecule has 1 fully saturated rings. The fraction of sp³-hybridized carbons (Fsp3) is 0.533. The second-order valence-corrected chi connectivity index (χ2v) is 7.24. The summed E-state index contributed by atoms with van der Waals surface area (Å²) in [6.45, 7) is 4.29. The van der Waals surface area contributed by atoms with Gasteiger partial charge in [0.05, 0.1) is 4.90 Å². The van der Waals surface area contributed by atoms with Gasteiger partial charge < -0.3 is 0 Å². The van der Waals surface area contributed by atoms with Crippen LogP contribution in [0.15, 0.2) is 29.2 Å². The SMILES string of the molecule is CCC(=O)c1cccc(S(=O)(=O)NCC(C)C2CC2)c1. The van der Waals surface area contributed by atoms with E-state index in [0.29, 0.717) is 30.4 Å². The number of hydrogen-bond acceptors (Lipinski definition) is 3. The number of benzene rings is 1. The Balaban J connectivity index is 2.10. The minimum atomic E-state index is -3.53. The van der Waals surface area contributed by atoms with Crippen molar-refractivity contribution in [3.63, 3.8) is 0 Å². The number of ketones is 1. The Kier molecular flexibility index (Phi) is 4.60. The number of carbonyl (C=O) groups is 1. The van der Waals surface area contributed by atoms with Gasteiger partial charge in [0.1, 0.15) is 0 Å². The third-order valence-electron chi connectivity index (χ3n) is 3.81. The summed E-state index contributed by atoms with van der Waals surface area (Å²) >= 11 is 0. The maximum absolute atomic E-state index is 12.2. The fourth-order valence-electron chi connectivity index (χ4n) is 2.20. The second-order valence-electron chi connectivity index (χ2n) is 5.47. The van der Waals surface area contributed by atoms with E-state index in [4.69, 9.17) is 0 Å². The maximum Gasteiger partial charge on any atom is 0.240 e. The van der Waals surface area contributed by atoms with Crippen molar-refractivity contribution >= 4 is 15.8 Å². The van der Waals surface area contributed by atoms with E-state index in [1.807, 2.05) is 0 Å². The van der Waals surface area contributed by atoms with E-state index in [2.05, 4.69) is 11.6 Å². The first-order valence-electron chi connectivity index (χ1n) is 7.07. The van der Waals surface area contributed by atoms with Crippen molar-refractivity contribution in [3.8, 4) is 0 Å². The smallest absolute Gasteiger partial charge is 0.240 e. The Morgan fingerprint density at radius 1 is 1.40 bits per heavy atom. The van der Waals surface area contributed by atoms with Crippen LogP contribution in [0.1, 0.15) is 43.5 Å². The summed E-state index contributed by atoms with van der Waals surface area (Å²) < 4.78 is 27.1. The van der Waals surface area contributed by atoms with Crippen molar-refractivity contribution < 1.29 is 13.2 Å². The molecule has 0 saturated heterocycles. The highest BCUT2D eigenvalue weighted by Crippen LogP contribution is 2.36. The van der Waals surface area contributed by atoms with Crippen LogP contribution in [0.4, 0.5) is 0 Å². The van der Waals surface area contributed by atoms with Gasteiger partial charge in [0, 0.05) is 18.5 Å². The van der Waals surface area contributed by atoms with Gasteiger partial charge in [-0.05, 0) is 36.8 Å². The zero-order valence-electron chi connectivity index (χ0n) is 11.9. The summed E-state index contributed by atoms with van der Waals surface area (Å²) in [7, 11) is -3.53. The lowest BCUT2D eigenvalue weighted by atomic mass is 10.1. The van der Waals surface area contributed by atoms with Gasteiger partial charge in [-0.1, -0.05) is 26.0 Å². The molecule has 0 heterocycles. The lowest BCUT2D eigenvalue weighted by Crippen LogP contribution is -2.29. The monoisotopic (exact) mass is 295 g/mol. The molecule has 0 amide bonds. The van der Waals surface area contributed by atoms with Crippen LogP contribution in [0.5, 0.6) is 0 Å². The highest BCUT2D eigenvalue weighted by Gasteiger charge is 2.28. The third-order valence-corrected chi connectivity index (χ3v) is 5.23. The van der Waals surface area contributed by atoms with Gasteiger partial charge in [-0.15, -0.1) is 0 Å². The van der Waals surface area contributed by atoms with Gasteiger partial charge in [0.15, 0.2) is 5.78 Å². The standard InChI is InChI=1S/C15H21NO3S/c1-3-15(17)13-5-4-6-14(9-13)20(18,19)16-10-11(2)12-7-8-12/h4-6,9,11-12,16H,3,7-8,10H2,1-2H3. The first-order chi connectivity index (χ1) is 9.44. The van der Waals surface area contributed by atoms with Crippen molar-refractivity contribution in [2.75, 3.05) is 6.54 Å². The van der Waals surface area contributed by atoms with Gasteiger partial charge in [0.25, 0.3) is 0 Å². The second kappa shape index (κ2) is 6.06. The summed E-state index contributed by atoms with van der Waals surface area (Å²) in [5.41, 5.74) is 0.450. The molecule has 0 aliphatic heterocycles. The highest BCUT2D eigenvalue weighted by molar-refractivity contribution is 7.89. The van der Waals surface area contributed by atoms with Crippen molar-refractivity contribution in [2.45, 2.75) is 38.0 Å². The van der Waals surface area contributed by atoms with Crippen LogP contribution in [-0.2, 0) is 10.0 Å². The van der Waals surface area contributed by atoms with E-state index in [0.717, 1.165) is 0 Å². The molecule has 1 aromatic carbocycles. The van der Waals surface area contributed by atoms with E-state index in [9.17, 15) is 13.2 Å². The largest absolute Gasteiger partial charge is 0.294 e. The Morgan fingerprint density at radius 3 is 2.70 bits per heavy atom. The molecule has 20 heavy (non-hydrogen) atoms. The van der Waals surface area contributed by atoms with Crippen LogP contribution < -0.4 is 4.72 Å². The number of nitrogens with one attached hydrogen (secondary N) is 1. The molecule has 0 radical (unpaired) electrons. The first-order valence-corrected chi connectivity index (χ1v) is 8.55. The molecule has 1 atom stereocenters. The zero-order chi connectivity index (χ0) is 14.8. The molecule has 1 aromatic rings. The fourth-order valence-corrected chi connectivity index (χ4v) is 3.39. The molecule has 0 aromatic heterocycles. The lowest BCUT2D eigenvalue weighted by molar-refractivity contribution is 0.0988. The van der Waals surface area contributed by atoms with Crippen LogP contribution in [0, 0.1) is 11.8 Å². The number of rotatable bonds is 7. The number of hydrogen-bond donors (Lipinski definition) is 1. The lowest BCUT2D eigenvalue weighted by Gasteiger charge is -2.12. The summed E-state index contributed by atoms with van der Waals surface area (Å²) in [5, 5.41) is 0. The number of Topliss-reactive ketones (excluding diaryl/α,β-unsaturated/α-hetero) is 1. The Hall–Kier alpha value is -1.20. The summed E-state index contributed by atoms with van der Waals surface area (Å²) in [6, 6.07) is 6.24. The quantitative estimate of drug-likeness (QED) is 0.786.